The maximum Gasteiger partial charge on any atom is 0.573 e. The van der Waals surface area contributed by atoms with E-state index in [0.29, 0.717) is 10.4 Å². The molecule has 0 aliphatic heterocycles. The monoisotopic (exact) mass is 356 g/mol. The van der Waals surface area contributed by atoms with Gasteiger partial charge in [-0.25, -0.2) is 0 Å². The Labute approximate surface area is 138 Å². The van der Waals surface area contributed by atoms with Crippen LogP contribution in [0.4, 0.5) is 13.2 Å². The second-order valence-electron chi connectivity index (χ2n) is 4.53. The highest BCUT2D eigenvalue weighted by Gasteiger charge is 2.30. The minimum atomic E-state index is -4.73. The smallest absolute Gasteiger partial charge is 0.406 e. The molecule has 0 saturated carbocycles. The molecule has 1 aromatic heterocycles. The van der Waals surface area contributed by atoms with Gasteiger partial charge in [0.25, 0.3) is 5.91 Å². The molecule has 2 aromatic rings. The number of nitrogens with zero attached hydrogens (tertiary/aromatic N) is 3. The van der Waals surface area contributed by atoms with Gasteiger partial charge in [0.15, 0.2) is 0 Å². The van der Waals surface area contributed by atoms with Gasteiger partial charge in [-0.15, -0.1) is 24.5 Å². The summed E-state index contributed by atoms with van der Waals surface area (Å²) in [6, 6.07) is 8.53. The van der Waals surface area contributed by atoms with Crippen molar-refractivity contribution >= 4 is 17.2 Å². The van der Waals surface area contributed by atoms with Crippen molar-refractivity contribution < 1.29 is 22.7 Å². The van der Waals surface area contributed by atoms with Crippen molar-refractivity contribution in [2.75, 3.05) is 0 Å². The molecule has 24 heavy (non-hydrogen) atoms. The maximum atomic E-state index is 12.1. The fraction of sp³-hybridized carbons (Fsp3) is 0.214. The number of halogens is 3. The molecule has 10 heteroatoms. The van der Waals surface area contributed by atoms with Gasteiger partial charge < -0.3 is 10.1 Å². The van der Waals surface area contributed by atoms with Crippen molar-refractivity contribution in [3.05, 3.63) is 62.2 Å². The summed E-state index contributed by atoms with van der Waals surface area (Å²) < 4.78 is 39.9. The van der Waals surface area contributed by atoms with Crippen molar-refractivity contribution in [3.8, 4) is 5.75 Å². The van der Waals surface area contributed by atoms with Gasteiger partial charge >= 0.3 is 6.36 Å². The van der Waals surface area contributed by atoms with Crippen LogP contribution in [0.1, 0.15) is 20.1 Å². The highest BCUT2D eigenvalue weighted by atomic mass is 32.1. The molecule has 0 radical (unpaired) electrons. The second-order valence-corrected chi connectivity index (χ2v) is 5.70. The van der Waals surface area contributed by atoms with E-state index >= 15 is 0 Å². The van der Waals surface area contributed by atoms with Crippen LogP contribution in [0.5, 0.6) is 5.75 Å². The number of carbonyl (C=O) groups is 1. The molecule has 0 unspecified atom stereocenters. The summed E-state index contributed by atoms with van der Waals surface area (Å²) in [5, 5.41) is 6.07. The molecule has 0 aliphatic rings. The lowest BCUT2D eigenvalue weighted by Crippen LogP contribution is -2.21. The molecule has 6 nitrogen and oxygen atoms in total. The number of benzene rings is 1. The third-order valence-corrected chi connectivity index (χ3v) is 3.85. The van der Waals surface area contributed by atoms with E-state index in [0.717, 1.165) is 4.88 Å². The van der Waals surface area contributed by atoms with Crippen LogP contribution >= 0.6 is 11.3 Å². The van der Waals surface area contributed by atoms with Crippen LogP contribution in [-0.4, -0.2) is 12.3 Å². The predicted octanol–water partition coefficient (Wildman–Crippen LogP) is 4.39. The summed E-state index contributed by atoms with van der Waals surface area (Å²) in [6.45, 7) is 0.337. The Kier molecular flexibility index (Phi) is 5.67. The Hall–Kier alpha value is -2.71. The summed E-state index contributed by atoms with van der Waals surface area (Å²) in [5.41, 5.74) is 8.88. The van der Waals surface area contributed by atoms with Crippen LogP contribution in [0.15, 0.2) is 41.5 Å². The number of amides is 1. The van der Waals surface area contributed by atoms with E-state index in [-0.39, 0.29) is 24.7 Å². The van der Waals surface area contributed by atoms with Gasteiger partial charge in [0.05, 0.1) is 11.4 Å². The van der Waals surface area contributed by atoms with Crippen LogP contribution in [0.25, 0.3) is 10.4 Å². The van der Waals surface area contributed by atoms with E-state index < -0.39 is 6.36 Å². The van der Waals surface area contributed by atoms with E-state index in [1.165, 1.54) is 35.6 Å². The topological polar surface area (TPSA) is 87.1 Å². The first-order valence-electron chi connectivity index (χ1n) is 6.60. The standard InChI is InChI=1S/C14H11F3N4O2S/c15-14(16,17)23-10-3-1-9(2-4-10)7-19-13(22)12-6-5-11(24-12)8-20-21-18/h1-6H,7-8H2,(H,19,22). The molecular weight excluding hydrogens is 345 g/mol. The highest BCUT2D eigenvalue weighted by Crippen LogP contribution is 2.23. The third kappa shape index (κ3) is 5.49. The molecule has 1 aromatic carbocycles. The van der Waals surface area contributed by atoms with Crippen LogP contribution in [0.2, 0.25) is 0 Å². The molecule has 0 saturated heterocycles. The molecule has 0 atom stereocenters. The average molecular weight is 356 g/mol. The van der Waals surface area contributed by atoms with E-state index in [1.807, 2.05) is 0 Å². The first-order chi connectivity index (χ1) is 11.4. The van der Waals surface area contributed by atoms with Gasteiger partial charge in [0, 0.05) is 16.3 Å². The molecule has 0 spiro atoms. The van der Waals surface area contributed by atoms with Crippen LogP contribution in [-0.2, 0) is 13.1 Å². The summed E-state index contributed by atoms with van der Waals surface area (Å²) >= 11 is 1.20. The Morgan fingerprint density at radius 3 is 2.58 bits per heavy atom. The fourth-order valence-corrected chi connectivity index (χ4v) is 2.61. The Morgan fingerprint density at radius 1 is 1.25 bits per heavy atom. The summed E-state index contributed by atoms with van der Waals surface area (Å²) in [5.74, 6) is -0.638. The van der Waals surface area contributed by atoms with Gasteiger partial charge in [0.1, 0.15) is 5.75 Å². The molecule has 0 fully saturated rings. The fourth-order valence-electron chi connectivity index (χ4n) is 1.76. The zero-order valence-corrected chi connectivity index (χ0v) is 12.9. The minimum absolute atomic E-state index is 0.161. The Morgan fingerprint density at radius 2 is 1.96 bits per heavy atom. The number of carbonyl (C=O) groups excluding carboxylic acids is 1. The molecule has 1 N–H and O–H groups in total. The van der Waals surface area contributed by atoms with Crippen LogP contribution < -0.4 is 10.1 Å². The summed E-state index contributed by atoms with van der Waals surface area (Å²) in [6.07, 6.45) is -4.73. The van der Waals surface area contributed by atoms with E-state index in [4.69, 9.17) is 5.53 Å². The number of nitrogens with one attached hydrogen (secondary N) is 1. The Bertz CT molecular complexity index is 752. The maximum absolute atomic E-state index is 12.1. The van der Waals surface area contributed by atoms with E-state index in [9.17, 15) is 18.0 Å². The number of ether oxygens (including phenoxy) is 1. The van der Waals surface area contributed by atoms with E-state index in [2.05, 4.69) is 20.1 Å². The van der Waals surface area contributed by atoms with Crippen molar-refractivity contribution in [1.29, 1.82) is 0 Å². The van der Waals surface area contributed by atoms with Crippen LogP contribution in [0.3, 0.4) is 0 Å². The molecule has 1 heterocycles. The van der Waals surface area contributed by atoms with Gasteiger partial charge in [0.2, 0.25) is 0 Å². The second kappa shape index (κ2) is 7.71. The SMILES string of the molecule is [N-]=[N+]=NCc1ccc(C(=O)NCc2ccc(OC(F)(F)F)cc2)s1. The van der Waals surface area contributed by atoms with Crippen molar-refractivity contribution in [2.45, 2.75) is 19.5 Å². The minimum Gasteiger partial charge on any atom is -0.406 e. The highest BCUT2D eigenvalue weighted by molar-refractivity contribution is 7.14. The largest absolute Gasteiger partial charge is 0.573 e. The van der Waals surface area contributed by atoms with Crippen molar-refractivity contribution in [1.82, 2.24) is 5.32 Å². The van der Waals surface area contributed by atoms with Crippen LogP contribution in [0, 0.1) is 0 Å². The molecular formula is C14H11F3N4O2S. The first kappa shape index (κ1) is 17.6. The van der Waals surface area contributed by atoms with Gasteiger partial charge in [-0.3, -0.25) is 4.79 Å². The van der Waals surface area contributed by atoms with E-state index in [1.54, 1.807) is 12.1 Å². The number of alkyl halides is 3. The summed E-state index contributed by atoms with van der Waals surface area (Å²) in [7, 11) is 0. The predicted molar refractivity (Wildman–Crippen MR) is 81.5 cm³/mol. The zero-order chi connectivity index (χ0) is 17.6. The normalized spacial score (nSPS) is 10.8. The first-order valence-corrected chi connectivity index (χ1v) is 7.41. The lowest BCUT2D eigenvalue weighted by atomic mass is 10.2. The number of hydrogen-bond donors (Lipinski definition) is 1. The lowest BCUT2D eigenvalue weighted by Gasteiger charge is -2.09. The zero-order valence-electron chi connectivity index (χ0n) is 12.1. The van der Waals surface area contributed by atoms with Gasteiger partial charge in [-0.1, -0.05) is 17.2 Å². The molecule has 126 valence electrons. The third-order valence-electron chi connectivity index (χ3n) is 2.79. The molecule has 1 amide bonds. The summed E-state index contributed by atoms with van der Waals surface area (Å²) in [4.78, 5) is 15.8. The van der Waals surface area contributed by atoms with Crippen molar-refractivity contribution in [3.63, 3.8) is 0 Å². The average Bonchev–Trinajstić information content (AvgIpc) is 2.99. The molecule has 0 bridgehead atoms. The molecule has 2 rings (SSSR count). The number of hydrogen-bond acceptors (Lipinski definition) is 4. The van der Waals surface area contributed by atoms with Gasteiger partial charge in [-0.2, -0.15) is 0 Å². The number of thiophene rings is 1. The van der Waals surface area contributed by atoms with Crippen molar-refractivity contribution in [2.24, 2.45) is 5.11 Å². The number of azide groups is 1. The quantitative estimate of drug-likeness (QED) is 0.473. The molecule has 0 aliphatic carbocycles. The van der Waals surface area contributed by atoms with Gasteiger partial charge in [-0.05, 0) is 35.4 Å². The number of rotatable bonds is 6. The lowest BCUT2D eigenvalue weighted by molar-refractivity contribution is -0.274. The Balaban J connectivity index is 1.89.